The highest BCUT2D eigenvalue weighted by molar-refractivity contribution is 5.93. The molecule has 1 aromatic carbocycles. The van der Waals surface area contributed by atoms with Crippen LogP contribution in [0.2, 0.25) is 0 Å². The number of alkyl halides is 1. The molecule has 0 radical (unpaired) electrons. The number of likely N-dealkylation sites (tertiary alicyclic amines) is 1. The van der Waals surface area contributed by atoms with Gasteiger partial charge in [0.15, 0.2) is 0 Å². The fourth-order valence-electron chi connectivity index (χ4n) is 2.91. The van der Waals surface area contributed by atoms with Crippen molar-refractivity contribution in [3.63, 3.8) is 0 Å². The third-order valence-electron chi connectivity index (χ3n) is 4.60. The molecule has 1 saturated heterocycles. The van der Waals surface area contributed by atoms with E-state index in [0.717, 1.165) is 18.9 Å². The summed E-state index contributed by atoms with van der Waals surface area (Å²) in [5.74, 6) is -0.966. The minimum Gasteiger partial charge on any atom is -0.352 e. The van der Waals surface area contributed by atoms with Crippen LogP contribution in [0.5, 0.6) is 0 Å². The van der Waals surface area contributed by atoms with Gasteiger partial charge in [-0.1, -0.05) is 36.9 Å². The maximum atomic E-state index is 14.4. The van der Waals surface area contributed by atoms with Crippen molar-refractivity contribution in [2.45, 2.75) is 23.9 Å². The molecule has 1 saturated carbocycles. The Hall–Kier alpha value is -2.17. The van der Waals surface area contributed by atoms with E-state index < -0.39 is 11.6 Å². The summed E-state index contributed by atoms with van der Waals surface area (Å²) in [5, 5.41) is 2.73. The van der Waals surface area contributed by atoms with Gasteiger partial charge in [-0.15, -0.1) is 0 Å². The van der Waals surface area contributed by atoms with Gasteiger partial charge in [0.05, 0.1) is 13.1 Å². The van der Waals surface area contributed by atoms with E-state index in [1.54, 1.807) is 0 Å². The molecule has 116 valence electrons. The van der Waals surface area contributed by atoms with Crippen LogP contribution < -0.4 is 5.32 Å². The van der Waals surface area contributed by atoms with E-state index in [1.807, 2.05) is 30.3 Å². The van der Waals surface area contributed by atoms with E-state index in [4.69, 9.17) is 0 Å². The van der Waals surface area contributed by atoms with Crippen molar-refractivity contribution in [3.8, 4) is 0 Å². The number of carbonyl (C=O) groups is 2. The zero-order valence-corrected chi connectivity index (χ0v) is 12.3. The number of nitrogens with zero attached hydrogens (tertiary/aromatic N) is 1. The van der Waals surface area contributed by atoms with Crippen molar-refractivity contribution in [3.05, 3.63) is 48.6 Å². The van der Waals surface area contributed by atoms with Gasteiger partial charge in [0.25, 0.3) is 5.91 Å². The molecular formula is C17H19FN2O2. The lowest BCUT2D eigenvalue weighted by Crippen LogP contribution is -2.67. The number of hydrogen-bond acceptors (Lipinski definition) is 2. The number of rotatable bonds is 5. The molecule has 2 aliphatic rings. The fraction of sp³-hybridized carbons (Fsp3) is 0.412. The molecule has 1 aromatic rings. The van der Waals surface area contributed by atoms with Crippen LogP contribution >= 0.6 is 0 Å². The van der Waals surface area contributed by atoms with Gasteiger partial charge in [-0.3, -0.25) is 9.59 Å². The van der Waals surface area contributed by atoms with E-state index in [9.17, 15) is 14.0 Å². The predicted molar refractivity (Wildman–Crippen MR) is 81.0 cm³/mol. The maximum Gasteiger partial charge on any atom is 0.261 e. The lowest BCUT2D eigenvalue weighted by Gasteiger charge is -2.42. The van der Waals surface area contributed by atoms with Gasteiger partial charge in [0.2, 0.25) is 11.6 Å². The first-order chi connectivity index (χ1) is 10.5. The molecule has 1 aliphatic carbocycles. The second-order valence-electron chi connectivity index (χ2n) is 6.19. The molecule has 0 aromatic heterocycles. The van der Waals surface area contributed by atoms with Crippen LogP contribution in [-0.2, 0) is 15.0 Å². The van der Waals surface area contributed by atoms with Crippen LogP contribution in [0.15, 0.2) is 43.0 Å². The minimum atomic E-state index is -1.97. The molecule has 4 nitrogen and oxygen atoms in total. The highest BCUT2D eigenvalue weighted by Gasteiger charge is 2.52. The Labute approximate surface area is 129 Å². The molecule has 5 heteroatoms. The Bertz CT molecular complexity index is 604. The average Bonchev–Trinajstić information content (AvgIpc) is 3.31. The SMILES string of the molecule is C=CC(=O)N1CC(F)(C(=O)NCC2(c3ccccc3)CC2)C1. The molecule has 0 bridgehead atoms. The van der Waals surface area contributed by atoms with E-state index in [0.29, 0.717) is 6.54 Å². The molecule has 3 rings (SSSR count). The first kappa shape index (κ1) is 14.8. The van der Waals surface area contributed by atoms with Gasteiger partial charge in [-0.2, -0.15) is 0 Å². The fourth-order valence-corrected chi connectivity index (χ4v) is 2.91. The van der Waals surface area contributed by atoms with Crippen LogP contribution in [0.3, 0.4) is 0 Å². The summed E-state index contributed by atoms with van der Waals surface area (Å²) in [6.07, 6.45) is 3.13. The van der Waals surface area contributed by atoms with Gasteiger partial charge in [0, 0.05) is 12.0 Å². The molecular weight excluding hydrogens is 283 g/mol. The predicted octanol–water partition coefficient (Wildman–Crippen LogP) is 1.57. The first-order valence-electron chi connectivity index (χ1n) is 7.43. The summed E-state index contributed by atoms with van der Waals surface area (Å²) in [5.41, 5.74) is -0.834. The van der Waals surface area contributed by atoms with Gasteiger partial charge in [-0.25, -0.2) is 4.39 Å². The normalized spacial score (nSPS) is 20.7. The van der Waals surface area contributed by atoms with E-state index in [1.165, 1.54) is 10.5 Å². The Morgan fingerprint density at radius 1 is 1.27 bits per heavy atom. The average molecular weight is 302 g/mol. The quantitative estimate of drug-likeness (QED) is 0.839. The zero-order valence-electron chi connectivity index (χ0n) is 12.3. The number of carbonyl (C=O) groups excluding carboxylic acids is 2. The second kappa shape index (κ2) is 5.23. The third kappa shape index (κ3) is 2.51. The summed E-state index contributed by atoms with van der Waals surface area (Å²) >= 11 is 0. The van der Waals surface area contributed by atoms with Gasteiger partial charge >= 0.3 is 0 Å². The Morgan fingerprint density at radius 3 is 2.45 bits per heavy atom. The highest BCUT2D eigenvalue weighted by Crippen LogP contribution is 2.47. The highest BCUT2D eigenvalue weighted by atomic mass is 19.1. The second-order valence-corrected chi connectivity index (χ2v) is 6.19. The van der Waals surface area contributed by atoms with Crippen molar-refractivity contribution in [2.75, 3.05) is 19.6 Å². The molecule has 1 N–H and O–H groups in total. The number of halogens is 1. The number of hydrogen-bond donors (Lipinski definition) is 1. The molecule has 0 unspecified atom stereocenters. The molecule has 2 fully saturated rings. The summed E-state index contributed by atoms with van der Waals surface area (Å²) in [4.78, 5) is 24.7. The van der Waals surface area contributed by atoms with Crippen LogP contribution in [0.25, 0.3) is 0 Å². The Morgan fingerprint density at radius 2 is 1.91 bits per heavy atom. The van der Waals surface area contributed by atoms with Crippen molar-refractivity contribution < 1.29 is 14.0 Å². The largest absolute Gasteiger partial charge is 0.352 e. The number of nitrogens with one attached hydrogen (secondary N) is 1. The van der Waals surface area contributed by atoms with Crippen LogP contribution in [0, 0.1) is 0 Å². The number of benzene rings is 1. The van der Waals surface area contributed by atoms with E-state index >= 15 is 0 Å². The summed E-state index contributed by atoms with van der Waals surface area (Å²) < 4.78 is 14.4. The summed E-state index contributed by atoms with van der Waals surface area (Å²) in [6.45, 7) is 3.41. The van der Waals surface area contributed by atoms with Gasteiger partial charge in [0.1, 0.15) is 0 Å². The summed E-state index contributed by atoms with van der Waals surface area (Å²) in [7, 11) is 0. The van der Waals surface area contributed by atoms with Crippen molar-refractivity contribution in [1.82, 2.24) is 10.2 Å². The van der Waals surface area contributed by atoms with Crippen LogP contribution in [-0.4, -0.2) is 42.0 Å². The molecule has 1 aliphatic heterocycles. The third-order valence-corrected chi connectivity index (χ3v) is 4.60. The zero-order chi connectivity index (χ0) is 15.8. The molecule has 0 spiro atoms. The van der Waals surface area contributed by atoms with Gasteiger partial charge < -0.3 is 10.2 Å². The van der Waals surface area contributed by atoms with Crippen LogP contribution in [0.4, 0.5) is 4.39 Å². The molecule has 0 atom stereocenters. The summed E-state index contributed by atoms with van der Waals surface area (Å²) in [6, 6.07) is 9.97. The van der Waals surface area contributed by atoms with E-state index in [2.05, 4.69) is 11.9 Å². The smallest absolute Gasteiger partial charge is 0.261 e. The lowest BCUT2D eigenvalue weighted by atomic mass is 9.93. The van der Waals surface area contributed by atoms with Crippen LogP contribution in [0.1, 0.15) is 18.4 Å². The molecule has 2 amide bonds. The molecule has 22 heavy (non-hydrogen) atoms. The molecule has 1 heterocycles. The Balaban J connectivity index is 1.56. The topological polar surface area (TPSA) is 49.4 Å². The Kier molecular flexibility index (Phi) is 3.51. The van der Waals surface area contributed by atoms with Crippen molar-refractivity contribution in [2.24, 2.45) is 0 Å². The maximum absolute atomic E-state index is 14.4. The lowest BCUT2D eigenvalue weighted by molar-refractivity contribution is -0.153. The van der Waals surface area contributed by atoms with Crippen molar-refractivity contribution in [1.29, 1.82) is 0 Å². The minimum absolute atomic E-state index is 0.0480. The first-order valence-corrected chi connectivity index (χ1v) is 7.43. The van der Waals surface area contributed by atoms with E-state index in [-0.39, 0.29) is 24.4 Å². The standard InChI is InChI=1S/C17H19FN2O2/c1-2-14(21)20-11-17(18,12-20)15(22)19-10-16(8-9-16)13-6-4-3-5-7-13/h2-7H,1,8-12H2,(H,19,22). The van der Waals surface area contributed by atoms with Gasteiger partial charge in [-0.05, 0) is 24.5 Å². The number of amides is 2. The monoisotopic (exact) mass is 302 g/mol. The van der Waals surface area contributed by atoms with Crippen molar-refractivity contribution >= 4 is 11.8 Å².